The maximum atomic E-state index is 13.3. The smallest absolute Gasteiger partial charge is 0.128 e. The van der Waals surface area contributed by atoms with Crippen LogP contribution in [0.4, 0.5) is 8.78 Å². The van der Waals surface area contributed by atoms with E-state index in [1.165, 1.54) is 12.1 Å². The van der Waals surface area contributed by atoms with E-state index >= 15 is 0 Å². The molecule has 3 heteroatoms. The topological polar surface area (TPSA) is 12.0 Å². The van der Waals surface area contributed by atoms with Crippen LogP contribution in [0.1, 0.15) is 38.3 Å². The van der Waals surface area contributed by atoms with Gasteiger partial charge in [0.2, 0.25) is 0 Å². The summed E-state index contributed by atoms with van der Waals surface area (Å²) in [4.78, 5) is 0. The maximum Gasteiger partial charge on any atom is 0.128 e. The van der Waals surface area contributed by atoms with E-state index in [-0.39, 0.29) is 11.9 Å². The van der Waals surface area contributed by atoms with E-state index in [1.807, 2.05) is 6.92 Å². The Balaban J connectivity index is 2.64. The minimum absolute atomic E-state index is 0.146. The Labute approximate surface area is 89.5 Å². The fraction of sp³-hybridized carbons (Fsp3) is 0.500. The number of hydrogen-bond donors (Lipinski definition) is 1. The lowest BCUT2D eigenvalue weighted by Gasteiger charge is -2.14. The number of benzene rings is 1. The van der Waals surface area contributed by atoms with Gasteiger partial charge in [0.25, 0.3) is 0 Å². The van der Waals surface area contributed by atoms with Crippen molar-refractivity contribution < 1.29 is 8.78 Å². The van der Waals surface area contributed by atoms with E-state index in [9.17, 15) is 8.78 Å². The second-order valence-electron chi connectivity index (χ2n) is 3.70. The molecule has 1 aromatic carbocycles. The first kappa shape index (κ1) is 12.1. The van der Waals surface area contributed by atoms with Crippen LogP contribution in [0.25, 0.3) is 0 Å². The molecule has 0 aliphatic heterocycles. The zero-order valence-corrected chi connectivity index (χ0v) is 9.19. The quantitative estimate of drug-likeness (QED) is 0.739. The molecule has 0 spiro atoms. The first-order valence-electron chi connectivity index (χ1n) is 5.33. The molecule has 1 N–H and O–H groups in total. The van der Waals surface area contributed by atoms with Crippen molar-refractivity contribution in [2.75, 3.05) is 6.54 Å². The van der Waals surface area contributed by atoms with Crippen molar-refractivity contribution in [3.05, 3.63) is 35.4 Å². The average molecular weight is 213 g/mol. The molecule has 15 heavy (non-hydrogen) atoms. The van der Waals surface area contributed by atoms with Gasteiger partial charge in [0.05, 0.1) is 0 Å². The minimum atomic E-state index is -0.393. The third-order valence-corrected chi connectivity index (χ3v) is 2.41. The lowest BCUT2D eigenvalue weighted by atomic mass is 10.1. The van der Waals surface area contributed by atoms with Crippen LogP contribution >= 0.6 is 0 Å². The van der Waals surface area contributed by atoms with Crippen molar-refractivity contribution in [1.82, 2.24) is 5.32 Å². The molecule has 1 nitrogen and oxygen atoms in total. The van der Waals surface area contributed by atoms with Crippen molar-refractivity contribution in [1.29, 1.82) is 0 Å². The molecule has 0 aliphatic rings. The number of nitrogens with one attached hydrogen (secondary N) is 1. The molecular formula is C12H17F2N. The Bertz CT molecular complexity index is 312. The molecule has 84 valence electrons. The first-order valence-corrected chi connectivity index (χ1v) is 5.33. The molecule has 0 aromatic heterocycles. The van der Waals surface area contributed by atoms with E-state index in [4.69, 9.17) is 0 Å². The Morgan fingerprint density at radius 1 is 1.33 bits per heavy atom. The molecule has 0 saturated heterocycles. The second kappa shape index (κ2) is 5.81. The van der Waals surface area contributed by atoms with Crippen molar-refractivity contribution in [2.24, 2.45) is 0 Å². The van der Waals surface area contributed by atoms with Crippen LogP contribution in [0.5, 0.6) is 0 Å². The average Bonchev–Trinajstić information content (AvgIpc) is 2.22. The molecule has 0 aliphatic carbocycles. The van der Waals surface area contributed by atoms with Crippen molar-refractivity contribution in [3.63, 3.8) is 0 Å². The highest BCUT2D eigenvalue weighted by molar-refractivity contribution is 5.21. The van der Waals surface area contributed by atoms with Gasteiger partial charge < -0.3 is 5.32 Å². The number of rotatable bonds is 5. The minimum Gasteiger partial charge on any atom is -0.310 e. The molecule has 0 heterocycles. The lowest BCUT2D eigenvalue weighted by Crippen LogP contribution is -2.20. The van der Waals surface area contributed by atoms with Crippen molar-refractivity contribution >= 4 is 0 Å². The largest absolute Gasteiger partial charge is 0.310 e. The molecule has 0 bridgehead atoms. The molecular weight excluding hydrogens is 196 g/mol. The van der Waals surface area contributed by atoms with Gasteiger partial charge in [0.15, 0.2) is 0 Å². The van der Waals surface area contributed by atoms with E-state index in [0.717, 1.165) is 25.5 Å². The molecule has 0 radical (unpaired) electrons. The maximum absolute atomic E-state index is 13.3. The van der Waals surface area contributed by atoms with E-state index in [0.29, 0.717) is 5.56 Å². The van der Waals surface area contributed by atoms with Crippen LogP contribution in [0, 0.1) is 11.6 Å². The predicted octanol–water partition coefficient (Wildman–Crippen LogP) is 3.42. The van der Waals surface area contributed by atoms with Gasteiger partial charge in [-0.2, -0.15) is 0 Å². The summed E-state index contributed by atoms with van der Waals surface area (Å²) in [5.41, 5.74) is 0.395. The second-order valence-corrected chi connectivity index (χ2v) is 3.70. The van der Waals surface area contributed by atoms with Crippen LogP contribution in [-0.2, 0) is 0 Å². The Kier molecular flexibility index (Phi) is 4.69. The van der Waals surface area contributed by atoms with Crippen LogP contribution in [0.2, 0.25) is 0 Å². The van der Waals surface area contributed by atoms with Crippen LogP contribution < -0.4 is 5.32 Å². The fourth-order valence-electron chi connectivity index (χ4n) is 1.45. The number of unbranched alkanes of at least 4 members (excludes halogenated alkanes) is 1. The monoisotopic (exact) mass is 213 g/mol. The Morgan fingerprint density at radius 2 is 2.07 bits per heavy atom. The highest BCUT2D eigenvalue weighted by atomic mass is 19.1. The molecule has 1 unspecified atom stereocenters. The molecule has 1 aromatic rings. The summed E-state index contributed by atoms with van der Waals surface area (Å²) in [6.45, 7) is 4.76. The predicted molar refractivity (Wildman–Crippen MR) is 57.7 cm³/mol. The van der Waals surface area contributed by atoms with Gasteiger partial charge in [0.1, 0.15) is 11.6 Å². The number of halogens is 2. The molecule has 0 amide bonds. The normalized spacial score (nSPS) is 12.8. The van der Waals surface area contributed by atoms with Gasteiger partial charge in [-0.05, 0) is 38.1 Å². The van der Waals surface area contributed by atoms with E-state index in [2.05, 4.69) is 12.2 Å². The summed E-state index contributed by atoms with van der Waals surface area (Å²) in [7, 11) is 0. The zero-order valence-electron chi connectivity index (χ0n) is 9.19. The Hall–Kier alpha value is -0.960. The molecule has 0 fully saturated rings. The summed E-state index contributed by atoms with van der Waals surface area (Å²) in [5.74, 6) is -0.747. The third-order valence-electron chi connectivity index (χ3n) is 2.41. The van der Waals surface area contributed by atoms with Crippen LogP contribution in [0.3, 0.4) is 0 Å². The summed E-state index contributed by atoms with van der Waals surface area (Å²) in [5, 5.41) is 3.16. The fourth-order valence-corrected chi connectivity index (χ4v) is 1.45. The first-order chi connectivity index (χ1) is 7.15. The van der Waals surface area contributed by atoms with Crippen LogP contribution in [0.15, 0.2) is 18.2 Å². The lowest BCUT2D eigenvalue weighted by molar-refractivity contribution is 0.511. The highest BCUT2D eigenvalue weighted by Crippen LogP contribution is 2.17. The van der Waals surface area contributed by atoms with Gasteiger partial charge in [-0.25, -0.2) is 8.78 Å². The van der Waals surface area contributed by atoms with E-state index < -0.39 is 5.82 Å². The summed E-state index contributed by atoms with van der Waals surface area (Å²) in [6, 6.07) is 3.41. The van der Waals surface area contributed by atoms with Gasteiger partial charge >= 0.3 is 0 Å². The van der Waals surface area contributed by atoms with Crippen molar-refractivity contribution in [3.8, 4) is 0 Å². The summed E-state index contributed by atoms with van der Waals surface area (Å²) < 4.78 is 26.2. The van der Waals surface area contributed by atoms with Crippen molar-refractivity contribution in [2.45, 2.75) is 32.7 Å². The third kappa shape index (κ3) is 3.59. The number of hydrogen-bond acceptors (Lipinski definition) is 1. The highest BCUT2D eigenvalue weighted by Gasteiger charge is 2.10. The Morgan fingerprint density at radius 3 is 2.73 bits per heavy atom. The van der Waals surface area contributed by atoms with Crippen LogP contribution in [-0.4, -0.2) is 6.54 Å². The van der Waals surface area contributed by atoms with E-state index in [1.54, 1.807) is 0 Å². The summed E-state index contributed by atoms with van der Waals surface area (Å²) in [6.07, 6.45) is 2.13. The molecule has 1 rings (SSSR count). The SMILES string of the molecule is CCCCNC(C)c1cc(F)ccc1F. The summed E-state index contributed by atoms with van der Waals surface area (Å²) >= 11 is 0. The van der Waals surface area contributed by atoms with Gasteiger partial charge in [-0.1, -0.05) is 13.3 Å². The van der Waals surface area contributed by atoms with Gasteiger partial charge in [-0.3, -0.25) is 0 Å². The van der Waals surface area contributed by atoms with Gasteiger partial charge in [0, 0.05) is 11.6 Å². The standard InChI is InChI=1S/C12H17F2N/c1-3-4-7-15-9(2)11-8-10(13)5-6-12(11)14/h5-6,8-9,15H,3-4,7H2,1-2H3. The van der Waals surface area contributed by atoms with Gasteiger partial charge in [-0.15, -0.1) is 0 Å². The zero-order chi connectivity index (χ0) is 11.3. The molecule has 0 saturated carbocycles. The molecule has 1 atom stereocenters.